The lowest BCUT2D eigenvalue weighted by Gasteiger charge is -2.44. The Kier molecular flexibility index (Phi) is 2.25. The molecule has 0 radical (unpaired) electrons. The fourth-order valence-corrected chi connectivity index (χ4v) is 2.57. The van der Waals surface area contributed by atoms with Gasteiger partial charge in [-0.25, -0.2) is 0 Å². The van der Waals surface area contributed by atoms with Crippen LogP contribution in [0.3, 0.4) is 0 Å². The molecule has 1 N–H and O–H groups in total. The van der Waals surface area contributed by atoms with Crippen LogP contribution < -0.4 is 5.32 Å². The van der Waals surface area contributed by atoms with Crippen molar-refractivity contribution in [2.24, 2.45) is 11.8 Å². The first-order chi connectivity index (χ1) is 8.00. The van der Waals surface area contributed by atoms with Gasteiger partial charge in [-0.2, -0.15) is 0 Å². The van der Waals surface area contributed by atoms with Crippen molar-refractivity contribution in [3.05, 3.63) is 0 Å². The van der Waals surface area contributed by atoms with E-state index in [0.717, 1.165) is 19.4 Å². The van der Waals surface area contributed by atoms with E-state index in [0.29, 0.717) is 11.8 Å². The SMILES string of the molecule is CC1(C)C(=O)NC(C2CC2)C(=O)N1CC1CC1. The lowest BCUT2D eigenvalue weighted by atomic mass is 9.93. The second-order valence-electron chi connectivity index (χ2n) is 6.24. The van der Waals surface area contributed by atoms with Crippen molar-refractivity contribution < 1.29 is 9.59 Å². The Bertz CT molecular complexity index is 370. The summed E-state index contributed by atoms with van der Waals surface area (Å²) in [7, 11) is 0. The smallest absolute Gasteiger partial charge is 0.246 e. The van der Waals surface area contributed by atoms with Crippen molar-refractivity contribution in [2.75, 3.05) is 6.54 Å². The van der Waals surface area contributed by atoms with Crippen molar-refractivity contribution >= 4 is 11.8 Å². The molecular formula is C13H20N2O2. The van der Waals surface area contributed by atoms with E-state index in [2.05, 4.69) is 5.32 Å². The Morgan fingerprint density at radius 1 is 1.24 bits per heavy atom. The highest BCUT2D eigenvalue weighted by molar-refractivity contribution is 5.99. The van der Waals surface area contributed by atoms with Gasteiger partial charge in [0.05, 0.1) is 0 Å². The predicted octanol–water partition coefficient (Wildman–Crippen LogP) is 0.912. The van der Waals surface area contributed by atoms with Crippen molar-refractivity contribution in [1.82, 2.24) is 10.2 Å². The third-order valence-corrected chi connectivity index (χ3v) is 4.28. The molecule has 0 bridgehead atoms. The van der Waals surface area contributed by atoms with Gasteiger partial charge in [-0.05, 0) is 51.4 Å². The minimum Gasteiger partial charge on any atom is -0.342 e. The first kappa shape index (κ1) is 11.1. The van der Waals surface area contributed by atoms with Gasteiger partial charge in [0, 0.05) is 6.54 Å². The van der Waals surface area contributed by atoms with Crippen LogP contribution in [0.5, 0.6) is 0 Å². The summed E-state index contributed by atoms with van der Waals surface area (Å²) >= 11 is 0. The summed E-state index contributed by atoms with van der Waals surface area (Å²) < 4.78 is 0. The third kappa shape index (κ3) is 1.83. The van der Waals surface area contributed by atoms with Crippen LogP contribution in [0, 0.1) is 11.8 Å². The lowest BCUT2D eigenvalue weighted by molar-refractivity contribution is -0.156. The maximum absolute atomic E-state index is 12.4. The second kappa shape index (κ2) is 3.47. The maximum atomic E-state index is 12.4. The van der Waals surface area contributed by atoms with Gasteiger partial charge in [0.2, 0.25) is 11.8 Å². The van der Waals surface area contributed by atoms with Crippen LogP contribution in [0.25, 0.3) is 0 Å². The fourth-order valence-electron chi connectivity index (χ4n) is 2.57. The van der Waals surface area contributed by atoms with Crippen LogP contribution in [0.15, 0.2) is 0 Å². The van der Waals surface area contributed by atoms with Crippen LogP contribution in [-0.4, -0.2) is 34.8 Å². The highest BCUT2D eigenvalue weighted by atomic mass is 16.2. The Hall–Kier alpha value is -1.06. The zero-order valence-electron chi connectivity index (χ0n) is 10.5. The highest BCUT2D eigenvalue weighted by Crippen LogP contribution is 2.38. The van der Waals surface area contributed by atoms with Crippen LogP contribution in [0.2, 0.25) is 0 Å². The molecule has 4 heteroatoms. The number of nitrogens with zero attached hydrogens (tertiary/aromatic N) is 1. The molecule has 1 heterocycles. The van der Waals surface area contributed by atoms with Crippen LogP contribution in [0.1, 0.15) is 39.5 Å². The molecule has 17 heavy (non-hydrogen) atoms. The average molecular weight is 236 g/mol. The number of amides is 2. The molecule has 1 aliphatic heterocycles. The molecule has 3 aliphatic rings. The summed E-state index contributed by atoms with van der Waals surface area (Å²) in [5.41, 5.74) is -0.676. The predicted molar refractivity (Wildman–Crippen MR) is 63.2 cm³/mol. The molecule has 1 unspecified atom stereocenters. The maximum Gasteiger partial charge on any atom is 0.246 e. The third-order valence-electron chi connectivity index (χ3n) is 4.28. The molecular weight excluding hydrogens is 216 g/mol. The van der Waals surface area contributed by atoms with Gasteiger partial charge in [-0.15, -0.1) is 0 Å². The van der Waals surface area contributed by atoms with Crippen molar-refractivity contribution in [2.45, 2.75) is 51.1 Å². The monoisotopic (exact) mass is 236 g/mol. The Morgan fingerprint density at radius 2 is 1.88 bits per heavy atom. The largest absolute Gasteiger partial charge is 0.342 e. The van der Waals surface area contributed by atoms with E-state index in [1.807, 2.05) is 18.7 Å². The quantitative estimate of drug-likeness (QED) is 0.792. The van der Waals surface area contributed by atoms with E-state index in [4.69, 9.17) is 0 Å². The molecule has 2 aliphatic carbocycles. The molecule has 0 spiro atoms. The van der Waals surface area contributed by atoms with Crippen molar-refractivity contribution in [3.63, 3.8) is 0 Å². The zero-order chi connectivity index (χ0) is 12.2. The minimum absolute atomic E-state index is 0.00894. The number of piperazine rings is 1. The molecule has 0 aromatic carbocycles. The molecule has 1 saturated heterocycles. The van der Waals surface area contributed by atoms with Gasteiger partial charge in [0.1, 0.15) is 11.6 Å². The second-order valence-corrected chi connectivity index (χ2v) is 6.24. The topological polar surface area (TPSA) is 49.4 Å². The van der Waals surface area contributed by atoms with E-state index < -0.39 is 5.54 Å². The van der Waals surface area contributed by atoms with E-state index >= 15 is 0 Å². The van der Waals surface area contributed by atoms with Crippen LogP contribution >= 0.6 is 0 Å². The molecule has 0 aromatic rings. The highest BCUT2D eigenvalue weighted by Gasteiger charge is 2.51. The Labute approximate surface area is 102 Å². The average Bonchev–Trinajstić information content (AvgIpc) is 3.12. The standard InChI is InChI=1S/C13H20N2O2/c1-13(2)12(17)14-10(9-5-6-9)11(16)15(13)7-8-3-4-8/h8-10H,3-7H2,1-2H3,(H,14,17). The molecule has 94 valence electrons. The minimum atomic E-state index is -0.676. The summed E-state index contributed by atoms with van der Waals surface area (Å²) in [6, 6.07) is -0.241. The number of nitrogens with one attached hydrogen (secondary N) is 1. The molecule has 0 aromatic heterocycles. The van der Waals surface area contributed by atoms with Gasteiger partial charge in [0.15, 0.2) is 0 Å². The van der Waals surface area contributed by atoms with E-state index in [-0.39, 0.29) is 17.9 Å². The lowest BCUT2D eigenvalue weighted by Crippen LogP contribution is -2.69. The van der Waals surface area contributed by atoms with Gasteiger partial charge in [-0.3, -0.25) is 9.59 Å². The number of carbonyl (C=O) groups excluding carboxylic acids is 2. The normalized spacial score (nSPS) is 32.6. The Morgan fingerprint density at radius 3 is 2.41 bits per heavy atom. The van der Waals surface area contributed by atoms with Crippen LogP contribution in [0.4, 0.5) is 0 Å². The number of carbonyl (C=O) groups is 2. The summed E-state index contributed by atoms with van der Waals surface area (Å²) in [5.74, 6) is 1.17. The van der Waals surface area contributed by atoms with Crippen LogP contribution in [-0.2, 0) is 9.59 Å². The first-order valence-electron chi connectivity index (χ1n) is 6.62. The van der Waals surface area contributed by atoms with E-state index in [9.17, 15) is 9.59 Å². The molecule has 3 rings (SSSR count). The molecule has 2 saturated carbocycles. The van der Waals surface area contributed by atoms with Crippen molar-refractivity contribution in [1.29, 1.82) is 0 Å². The molecule has 4 nitrogen and oxygen atoms in total. The summed E-state index contributed by atoms with van der Waals surface area (Å²) in [5, 5.41) is 2.91. The van der Waals surface area contributed by atoms with Gasteiger partial charge in [0.25, 0.3) is 0 Å². The van der Waals surface area contributed by atoms with Gasteiger partial charge in [-0.1, -0.05) is 0 Å². The molecule has 1 atom stereocenters. The van der Waals surface area contributed by atoms with Gasteiger partial charge >= 0.3 is 0 Å². The van der Waals surface area contributed by atoms with Crippen molar-refractivity contribution in [3.8, 4) is 0 Å². The first-order valence-corrected chi connectivity index (χ1v) is 6.62. The van der Waals surface area contributed by atoms with Gasteiger partial charge < -0.3 is 10.2 Å². The van der Waals surface area contributed by atoms with E-state index in [1.54, 1.807) is 0 Å². The summed E-state index contributed by atoms with van der Waals surface area (Å²) in [6.07, 6.45) is 4.56. The number of rotatable bonds is 3. The number of hydrogen-bond donors (Lipinski definition) is 1. The molecule has 2 amide bonds. The fraction of sp³-hybridized carbons (Fsp3) is 0.846. The zero-order valence-corrected chi connectivity index (χ0v) is 10.5. The summed E-state index contributed by atoms with van der Waals surface area (Å²) in [4.78, 5) is 26.4. The Balaban J connectivity index is 1.82. The number of hydrogen-bond acceptors (Lipinski definition) is 2. The summed E-state index contributed by atoms with van der Waals surface area (Å²) in [6.45, 7) is 4.47. The molecule has 3 fully saturated rings. The van der Waals surface area contributed by atoms with E-state index in [1.165, 1.54) is 12.8 Å².